The van der Waals surface area contributed by atoms with Crippen LogP contribution < -0.4 is 10.1 Å². The zero-order chi connectivity index (χ0) is 25.2. The van der Waals surface area contributed by atoms with Gasteiger partial charge in [-0.2, -0.15) is 0 Å². The first kappa shape index (κ1) is 25.6. The molecule has 0 fully saturated rings. The zero-order valence-corrected chi connectivity index (χ0v) is 20.4. The molecule has 0 saturated carbocycles. The van der Waals surface area contributed by atoms with Gasteiger partial charge in [0, 0.05) is 30.0 Å². The van der Waals surface area contributed by atoms with Gasteiger partial charge in [0.2, 0.25) is 0 Å². The van der Waals surface area contributed by atoms with E-state index in [9.17, 15) is 19.5 Å². The maximum atomic E-state index is 13.7. The Balaban J connectivity index is 2.21. The molecule has 1 heterocycles. The van der Waals surface area contributed by atoms with Gasteiger partial charge < -0.3 is 29.4 Å². The van der Waals surface area contributed by atoms with Gasteiger partial charge in [-0.05, 0) is 37.0 Å². The summed E-state index contributed by atoms with van der Waals surface area (Å²) in [6.07, 6.45) is 0.392. The number of allylic oxidation sites excluding steroid dienone is 3. The molecule has 0 bridgehead atoms. The lowest BCUT2D eigenvalue weighted by molar-refractivity contribution is -0.151. The number of benzene rings is 1. The van der Waals surface area contributed by atoms with Crippen molar-refractivity contribution in [3.05, 3.63) is 45.3 Å². The van der Waals surface area contributed by atoms with Crippen LogP contribution >= 0.6 is 11.6 Å². The summed E-state index contributed by atoms with van der Waals surface area (Å²) in [5.74, 6) is -4.17. The third kappa shape index (κ3) is 4.63. The first-order valence-corrected chi connectivity index (χ1v) is 11.1. The average molecular weight is 494 g/mol. The lowest BCUT2D eigenvalue weighted by Crippen LogP contribution is -2.43. The lowest BCUT2D eigenvalue weighted by Gasteiger charge is -2.38. The molecule has 0 radical (unpaired) electrons. The molecule has 10 heteroatoms. The number of carbonyl (C=O) groups is 3. The summed E-state index contributed by atoms with van der Waals surface area (Å²) in [7, 11) is 4.08. The number of methoxy groups -OCH3 is 3. The normalized spacial score (nSPS) is 22.2. The number of hydrogen-bond donors (Lipinski definition) is 2. The Morgan fingerprint density at radius 3 is 2.53 bits per heavy atom. The molecule has 1 aliphatic carbocycles. The van der Waals surface area contributed by atoms with Crippen LogP contribution in [0.3, 0.4) is 0 Å². The maximum Gasteiger partial charge on any atom is 0.336 e. The Morgan fingerprint density at radius 2 is 1.91 bits per heavy atom. The molecule has 9 nitrogen and oxygen atoms in total. The number of phenols is 1. The van der Waals surface area contributed by atoms with Gasteiger partial charge in [-0.3, -0.25) is 9.59 Å². The fourth-order valence-electron chi connectivity index (χ4n) is 4.50. The van der Waals surface area contributed by atoms with E-state index in [0.717, 1.165) is 0 Å². The zero-order valence-electron chi connectivity index (χ0n) is 19.7. The monoisotopic (exact) mass is 493 g/mol. The van der Waals surface area contributed by atoms with Gasteiger partial charge in [0.15, 0.2) is 17.3 Å². The van der Waals surface area contributed by atoms with E-state index in [1.54, 1.807) is 13.8 Å². The highest BCUT2D eigenvalue weighted by molar-refractivity contribution is 6.32. The van der Waals surface area contributed by atoms with E-state index < -0.39 is 29.6 Å². The van der Waals surface area contributed by atoms with Crippen LogP contribution in [0.2, 0.25) is 5.02 Å². The molecule has 1 aromatic rings. The van der Waals surface area contributed by atoms with E-state index in [4.69, 9.17) is 30.5 Å². The Hall–Kier alpha value is -3.04. The van der Waals surface area contributed by atoms with Crippen molar-refractivity contribution in [1.82, 2.24) is 5.32 Å². The minimum Gasteiger partial charge on any atom is -0.503 e. The molecule has 3 atom stereocenters. The van der Waals surface area contributed by atoms with Crippen LogP contribution in [0.4, 0.5) is 0 Å². The maximum absolute atomic E-state index is 13.7. The minimum atomic E-state index is -1.02. The number of ether oxygens (including phenoxy) is 4. The standard InChI is InChI=1S/C24H28ClNO8/c1-11-8-15-20(22(28)17(11)23(29)33-5)19(13-9-14(25)21(27)16(10-13)32-4)18(12(2)26-15)24(30)34-7-6-31-3/h9-11,17,19,26-27H,6-8H2,1-5H3/t11-,17-,19+/m1/s1. The topological polar surface area (TPSA) is 120 Å². The fourth-order valence-corrected chi connectivity index (χ4v) is 4.72. The van der Waals surface area contributed by atoms with Crippen LogP contribution in [0.1, 0.15) is 31.7 Å². The molecule has 0 spiro atoms. The van der Waals surface area contributed by atoms with Gasteiger partial charge >= 0.3 is 11.9 Å². The van der Waals surface area contributed by atoms with Gasteiger partial charge in [-0.15, -0.1) is 0 Å². The second kappa shape index (κ2) is 10.5. The molecule has 0 unspecified atom stereocenters. The van der Waals surface area contributed by atoms with Crippen LogP contribution in [-0.4, -0.2) is 57.4 Å². The molecular formula is C24H28ClNO8. The van der Waals surface area contributed by atoms with Crippen molar-refractivity contribution < 1.29 is 38.4 Å². The molecule has 3 rings (SSSR count). The molecular weight excluding hydrogens is 466 g/mol. The van der Waals surface area contributed by atoms with Gasteiger partial charge in [0.25, 0.3) is 0 Å². The van der Waals surface area contributed by atoms with Crippen LogP contribution in [0.25, 0.3) is 0 Å². The van der Waals surface area contributed by atoms with Gasteiger partial charge in [-0.1, -0.05) is 18.5 Å². The van der Waals surface area contributed by atoms with Crippen LogP contribution in [0.15, 0.2) is 34.7 Å². The SMILES string of the molecule is COCCOC(=O)C1=C(C)NC2=C(C(=O)[C@H](C(=O)OC)[C@H](C)C2)[C@H]1c1cc(Cl)c(O)c(OC)c1. The predicted molar refractivity (Wildman–Crippen MR) is 122 cm³/mol. The number of halogens is 1. The second-order valence-corrected chi connectivity index (χ2v) is 8.62. The summed E-state index contributed by atoms with van der Waals surface area (Å²) >= 11 is 6.25. The number of Topliss-reactive ketones (excluding diaryl/α,β-unsaturated/α-hetero) is 1. The number of esters is 2. The Bertz CT molecular complexity index is 1080. The Morgan fingerprint density at radius 1 is 1.21 bits per heavy atom. The largest absolute Gasteiger partial charge is 0.503 e. The number of phenolic OH excluding ortho intramolecular Hbond substituents is 1. The molecule has 34 heavy (non-hydrogen) atoms. The fraction of sp³-hybridized carbons (Fsp3) is 0.458. The van der Waals surface area contributed by atoms with Crippen LogP contribution in [0, 0.1) is 11.8 Å². The molecule has 2 aliphatic rings. The smallest absolute Gasteiger partial charge is 0.336 e. The first-order chi connectivity index (χ1) is 16.2. The molecule has 0 aromatic heterocycles. The van der Waals surface area contributed by atoms with Crippen molar-refractivity contribution >= 4 is 29.3 Å². The molecule has 2 N–H and O–H groups in total. The number of nitrogens with one attached hydrogen (secondary N) is 1. The summed E-state index contributed by atoms with van der Waals surface area (Å²) in [4.78, 5) is 39.3. The molecule has 0 saturated heterocycles. The highest BCUT2D eigenvalue weighted by Crippen LogP contribution is 2.48. The van der Waals surface area contributed by atoms with Gasteiger partial charge in [0.05, 0.1) is 31.4 Å². The van der Waals surface area contributed by atoms with E-state index in [0.29, 0.717) is 23.4 Å². The minimum absolute atomic E-state index is 0.0130. The van der Waals surface area contributed by atoms with E-state index in [-0.39, 0.29) is 46.8 Å². The molecule has 1 aliphatic heterocycles. The predicted octanol–water partition coefficient (Wildman–Crippen LogP) is 2.86. The quantitative estimate of drug-likeness (QED) is 0.335. The third-order valence-electron chi connectivity index (χ3n) is 6.09. The van der Waals surface area contributed by atoms with E-state index in [1.807, 2.05) is 0 Å². The van der Waals surface area contributed by atoms with Crippen molar-refractivity contribution in [1.29, 1.82) is 0 Å². The van der Waals surface area contributed by atoms with Crippen molar-refractivity contribution in [2.75, 3.05) is 34.5 Å². The number of dihydropyridines is 1. The second-order valence-electron chi connectivity index (χ2n) is 8.22. The van der Waals surface area contributed by atoms with Crippen LogP contribution in [0.5, 0.6) is 11.5 Å². The van der Waals surface area contributed by atoms with Crippen molar-refractivity contribution in [3.8, 4) is 11.5 Å². The third-order valence-corrected chi connectivity index (χ3v) is 6.38. The summed E-state index contributed by atoms with van der Waals surface area (Å²) in [5.41, 5.74) is 1.98. The Kier molecular flexibility index (Phi) is 7.89. The summed E-state index contributed by atoms with van der Waals surface area (Å²) in [5, 5.41) is 13.4. The summed E-state index contributed by atoms with van der Waals surface area (Å²) < 4.78 is 20.5. The highest BCUT2D eigenvalue weighted by atomic mass is 35.5. The average Bonchev–Trinajstić information content (AvgIpc) is 2.79. The van der Waals surface area contributed by atoms with Crippen molar-refractivity contribution in [3.63, 3.8) is 0 Å². The van der Waals surface area contributed by atoms with E-state index in [1.165, 1.54) is 33.5 Å². The molecule has 184 valence electrons. The van der Waals surface area contributed by atoms with Gasteiger partial charge in [0.1, 0.15) is 12.5 Å². The molecule has 1 aromatic carbocycles. The van der Waals surface area contributed by atoms with Crippen molar-refractivity contribution in [2.24, 2.45) is 11.8 Å². The lowest BCUT2D eigenvalue weighted by atomic mass is 9.69. The number of hydrogen-bond acceptors (Lipinski definition) is 9. The van der Waals surface area contributed by atoms with Gasteiger partial charge in [-0.25, -0.2) is 4.79 Å². The van der Waals surface area contributed by atoms with Crippen molar-refractivity contribution in [2.45, 2.75) is 26.2 Å². The first-order valence-electron chi connectivity index (χ1n) is 10.7. The van der Waals surface area contributed by atoms with E-state index in [2.05, 4.69) is 5.32 Å². The summed E-state index contributed by atoms with van der Waals surface area (Å²) in [6.45, 7) is 3.72. The van der Waals surface area contributed by atoms with E-state index >= 15 is 0 Å². The number of carbonyl (C=O) groups excluding carboxylic acids is 3. The molecule has 0 amide bonds. The highest BCUT2D eigenvalue weighted by Gasteiger charge is 2.47. The Labute approximate surface area is 202 Å². The number of aromatic hydroxyl groups is 1. The van der Waals surface area contributed by atoms with Crippen LogP contribution in [-0.2, 0) is 28.6 Å². The summed E-state index contributed by atoms with van der Waals surface area (Å²) in [6, 6.07) is 2.98. The number of ketones is 1. The number of rotatable bonds is 7.